The number of nitrogens with zero attached hydrogens (tertiary/aromatic N) is 2. The Kier molecular flexibility index (Phi) is 5.97. The summed E-state index contributed by atoms with van der Waals surface area (Å²) in [5.41, 5.74) is 1.37. The molecule has 25 heavy (non-hydrogen) atoms. The van der Waals surface area contributed by atoms with E-state index in [1.165, 1.54) is 5.56 Å². The average Bonchev–Trinajstić information content (AvgIpc) is 3.15. The second kappa shape index (κ2) is 8.19. The Bertz CT molecular complexity index is 549. The van der Waals surface area contributed by atoms with Gasteiger partial charge >= 0.3 is 6.03 Å². The summed E-state index contributed by atoms with van der Waals surface area (Å²) in [6, 6.07) is 10.7. The highest BCUT2D eigenvalue weighted by atomic mass is 16.5. The van der Waals surface area contributed by atoms with E-state index < -0.39 is 0 Å². The lowest BCUT2D eigenvalue weighted by Crippen LogP contribution is -2.50. The first-order valence-electron chi connectivity index (χ1n) is 9.44. The van der Waals surface area contributed by atoms with E-state index >= 15 is 0 Å². The van der Waals surface area contributed by atoms with Crippen molar-refractivity contribution >= 4 is 6.03 Å². The van der Waals surface area contributed by atoms with Gasteiger partial charge in [-0.05, 0) is 51.4 Å². The minimum Gasteiger partial charge on any atom is -0.376 e. The number of piperidine rings is 1. The molecule has 0 unspecified atom stereocenters. The van der Waals surface area contributed by atoms with Crippen LogP contribution in [0, 0.1) is 0 Å². The summed E-state index contributed by atoms with van der Waals surface area (Å²) >= 11 is 0. The summed E-state index contributed by atoms with van der Waals surface area (Å²) in [4.78, 5) is 16.7. The summed E-state index contributed by atoms with van der Waals surface area (Å²) in [6.45, 7) is 4.32. The van der Waals surface area contributed by atoms with Crippen molar-refractivity contribution in [3.63, 3.8) is 0 Å². The monoisotopic (exact) mass is 345 g/mol. The van der Waals surface area contributed by atoms with Crippen LogP contribution in [0.2, 0.25) is 0 Å². The molecule has 0 radical (unpaired) electrons. The van der Waals surface area contributed by atoms with E-state index in [9.17, 15) is 4.79 Å². The molecule has 1 N–H and O–H groups in total. The first-order chi connectivity index (χ1) is 12.1. The number of hydrogen-bond acceptors (Lipinski definition) is 3. The summed E-state index contributed by atoms with van der Waals surface area (Å²) in [5.74, 6) is 0. The molecule has 2 amide bonds. The van der Waals surface area contributed by atoms with Gasteiger partial charge < -0.3 is 19.9 Å². The highest BCUT2D eigenvalue weighted by Gasteiger charge is 2.36. The highest BCUT2D eigenvalue weighted by molar-refractivity contribution is 5.74. The maximum atomic E-state index is 12.6. The van der Waals surface area contributed by atoms with E-state index in [0.717, 1.165) is 45.4 Å². The molecular weight excluding hydrogens is 314 g/mol. The molecule has 1 atom stereocenters. The minimum atomic E-state index is 0.00438. The lowest BCUT2D eigenvalue weighted by atomic mass is 9.72. The van der Waals surface area contributed by atoms with Crippen LogP contribution in [0.3, 0.4) is 0 Å². The molecule has 5 heteroatoms. The van der Waals surface area contributed by atoms with Gasteiger partial charge in [0.2, 0.25) is 0 Å². The zero-order valence-electron chi connectivity index (χ0n) is 15.5. The van der Waals surface area contributed by atoms with Crippen molar-refractivity contribution < 1.29 is 9.53 Å². The SMILES string of the molecule is CN1CCC(CNC(=O)N(C)C[C@H]2CCCO2)(c2ccccc2)CC1. The molecule has 0 saturated carbocycles. The third-order valence-electron chi connectivity index (χ3n) is 5.76. The van der Waals surface area contributed by atoms with Crippen LogP contribution in [0.4, 0.5) is 4.79 Å². The molecule has 0 aliphatic carbocycles. The zero-order valence-corrected chi connectivity index (χ0v) is 15.5. The molecule has 2 aliphatic heterocycles. The number of hydrogen-bond donors (Lipinski definition) is 1. The van der Waals surface area contributed by atoms with Crippen molar-refractivity contribution in [2.45, 2.75) is 37.2 Å². The van der Waals surface area contributed by atoms with Crippen LogP contribution in [0.1, 0.15) is 31.2 Å². The average molecular weight is 345 g/mol. The van der Waals surface area contributed by atoms with Gasteiger partial charge in [-0.3, -0.25) is 0 Å². The number of carbonyl (C=O) groups is 1. The smallest absolute Gasteiger partial charge is 0.317 e. The Morgan fingerprint density at radius 1 is 1.32 bits per heavy atom. The van der Waals surface area contributed by atoms with Crippen molar-refractivity contribution in [3.8, 4) is 0 Å². The quantitative estimate of drug-likeness (QED) is 0.892. The number of urea groups is 1. The highest BCUT2D eigenvalue weighted by Crippen LogP contribution is 2.34. The van der Waals surface area contributed by atoms with Crippen molar-refractivity contribution in [2.75, 3.05) is 46.9 Å². The Hall–Kier alpha value is -1.59. The molecule has 2 saturated heterocycles. The molecule has 0 spiro atoms. The molecule has 138 valence electrons. The van der Waals surface area contributed by atoms with Crippen LogP contribution in [0.5, 0.6) is 0 Å². The van der Waals surface area contributed by atoms with Gasteiger partial charge in [-0.25, -0.2) is 4.79 Å². The molecule has 1 aromatic carbocycles. The molecular formula is C20H31N3O2. The molecule has 2 aliphatic rings. The lowest BCUT2D eigenvalue weighted by molar-refractivity contribution is 0.0868. The Balaban J connectivity index is 1.61. The zero-order chi connectivity index (χ0) is 17.7. The van der Waals surface area contributed by atoms with E-state index in [1.807, 2.05) is 7.05 Å². The molecule has 5 nitrogen and oxygen atoms in total. The van der Waals surface area contributed by atoms with Gasteiger partial charge in [0, 0.05) is 32.2 Å². The number of amides is 2. The number of benzene rings is 1. The maximum absolute atomic E-state index is 12.6. The van der Waals surface area contributed by atoms with Crippen molar-refractivity contribution in [1.82, 2.24) is 15.1 Å². The lowest BCUT2D eigenvalue weighted by Gasteiger charge is -2.41. The predicted molar refractivity (Wildman–Crippen MR) is 99.9 cm³/mol. The van der Waals surface area contributed by atoms with Crippen LogP contribution < -0.4 is 5.32 Å². The number of nitrogens with one attached hydrogen (secondary N) is 1. The molecule has 2 heterocycles. The van der Waals surface area contributed by atoms with E-state index in [4.69, 9.17) is 4.74 Å². The topological polar surface area (TPSA) is 44.8 Å². The summed E-state index contributed by atoms with van der Waals surface area (Å²) in [5, 5.41) is 3.19. The van der Waals surface area contributed by atoms with Gasteiger partial charge in [-0.15, -0.1) is 0 Å². The molecule has 0 aromatic heterocycles. The van der Waals surface area contributed by atoms with Crippen molar-refractivity contribution in [2.24, 2.45) is 0 Å². The maximum Gasteiger partial charge on any atom is 0.317 e. The second-order valence-corrected chi connectivity index (χ2v) is 7.62. The van der Waals surface area contributed by atoms with Crippen molar-refractivity contribution in [1.29, 1.82) is 0 Å². The second-order valence-electron chi connectivity index (χ2n) is 7.62. The van der Waals surface area contributed by atoms with Crippen LogP contribution >= 0.6 is 0 Å². The fourth-order valence-electron chi connectivity index (χ4n) is 3.96. The summed E-state index contributed by atoms with van der Waals surface area (Å²) < 4.78 is 5.64. The van der Waals surface area contributed by atoms with Gasteiger partial charge in [0.25, 0.3) is 0 Å². The molecule has 2 fully saturated rings. The fraction of sp³-hybridized carbons (Fsp3) is 0.650. The van der Waals surface area contributed by atoms with Crippen LogP contribution in [-0.4, -0.2) is 68.8 Å². The first-order valence-corrected chi connectivity index (χ1v) is 9.44. The fourth-order valence-corrected chi connectivity index (χ4v) is 3.96. The van der Waals surface area contributed by atoms with Gasteiger partial charge in [0.05, 0.1) is 6.10 Å². The van der Waals surface area contributed by atoms with E-state index in [1.54, 1.807) is 4.90 Å². The number of likely N-dealkylation sites (tertiary alicyclic amines) is 1. The molecule has 0 bridgehead atoms. The van der Waals surface area contributed by atoms with Gasteiger partial charge in [-0.1, -0.05) is 30.3 Å². The third kappa shape index (κ3) is 4.53. The number of rotatable bonds is 5. The predicted octanol–water partition coefficient (Wildman–Crippen LogP) is 2.47. The standard InChI is InChI=1S/C20H31N3O2/c1-22-12-10-20(11-13-22,17-7-4-3-5-8-17)16-21-19(24)23(2)15-18-9-6-14-25-18/h3-5,7-8,18H,6,9-16H2,1-2H3,(H,21,24)/t18-/m1/s1. The van der Waals surface area contributed by atoms with E-state index in [2.05, 4.69) is 47.6 Å². The molecule has 3 rings (SSSR count). The van der Waals surface area contributed by atoms with Crippen LogP contribution in [0.25, 0.3) is 0 Å². The van der Waals surface area contributed by atoms with E-state index in [0.29, 0.717) is 13.1 Å². The summed E-state index contributed by atoms with van der Waals surface area (Å²) in [7, 11) is 4.03. The van der Waals surface area contributed by atoms with Gasteiger partial charge in [0.1, 0.15) is 0 Å². The number of ether oxygens (including phenoxy) is 1. The third-order valence-corrected chi connectivity index (χ3v) is 5.76. The first kappa shape index (κ1) is 18.2. The largest absolute Gasteiger partial charge is 0.376 e. The Morgan fingerprint density at radius 2 is 2.04 bits per heavy atom. The van der Waals surface area contributed by atoms with Gasteiger partial charge in [-0.2, -0.15) is 0 Å². The summed E-state index contributed by atoms with van der Waals surface area (Å²) in [6.07, 6.45) is 4.50. The van der Waals surface area contributed by atoms with E-state index in [-0.39, 0.29) is 17.6 Å². The Morgan fingerprint density at radius 3 is 2.68 bits per heavy atom. The van der Waals surface area contributed by atoms with Crippen LogP contribution in [0.15, 0.2) is 30.3 Å². The number of carbonyl (C=O) groups excluding carboxylic acids is 1. The Labute approximate surface area is 151 Å². The van der Waals surface area contributed by atoms with Gasteiger partial charge in [0.15, 0.2) is 0 Å². The molecule has 1 aromatic rings. The van der Waals surface area contributed by atoms with Crippen molar-refractivity contribution in [3.05, 3.63) is 35.9 Å². The number of likely N-dealkylation sites (N-methyl/N-ethyl adjacent to an activating group) is 1. The normalized spacial score (nSPS) is 23.4. The van der Waals surface area contributed by atoms with Crippen LogP contribution in [-0.2, 0) is 10.2 Å². The minimum absolute atomic E-state index is 0.00438.